The van der Waals surface area contributed by atoms with E-state index in [9.17, 15) is 14.9 Å². The maximum absolute atomic E-state index is 12.6. The van der Waals surface area contributed by atoms with E-state index in [0.717, 1.165) is 24.2 Å². The average molecular weight is 383 g/mol. The first-order valence-electron chi connectivity index (χ1n) is 9.46. The number of nitrogens with one attached hydrogen (secondary N) is 2. The molecule has 0 heterocycles. The summed E-state index contributed by atoms with van der Waals surface area (Å²) in [6, 6.07) is 12.1. The molecule has 3 rings (SSSR count). The Balaban J connectivity index is 1.73. The fourth-order valence-electron chi connectivity index (χ4n) is 2.89. The number of amides is 1. The minimum atomic E-state index is -0.461. The number of ether oxygens (including phenoxy) is 1. The highest BCUT2D eigenvalue weighted by atomic mass is 16.6. The molecule has 1 aliphatic rings. The molecule has 7 nitrogen and oxygen atoms in total. The zero-order valence-corrected chi connectivity index (χ0v) is 16.3. The van der Waals surface area contributed by atoms with Crippen LogP contribution < -0.4 is 15.4 Å². The van der Waals surface area contributed by atoms with Gasteiger partial charge in [-0.2, -0.15) is 0 Å². The van der Waals surface area contributed by atoms with Crippen molar-refractivity contribution in [2.75, 3.05) is 5.32 Å². The summed E-state index contributed by atoms with van der Waals surface area (Å²) in [4.78, 5) is 23.6. The fraction of sp³-hybridized carbons (Fsp3) is 0.381. The second kappa shape index (κ2) is 8.29. The molecular formula is C21H25N3O4. The van der Waals surface area contributed by atoms with Gasteiger partial charge >= 0.3 is 0 Å². The molecule has 2 aromatic rings. The Bertz CT molecular complexity index is 878. The maximum atomic E-state index is 12.6. The first-order chi connectivity index (χ1) is 13.3. The first kappa shape index (κ1) is 19.7. The molecule has 1 atom stereocenters. The molecule has 0 aliphatic heterocycles. The molecule has 0 radical (unpaired) electrons. The molecule has 1 amide bonds. The number of carbonyl (C=O) groups is 1. The molecule has 1 aliphatic carbocycles. The highest BCUT2D eigenvalue weighted by Gasteiger charge is 2.25. The van der Waals surface area contributed by atoms with Gasteiger partial charge in [-0.3, -0.25) is 14.9 Å². The van der Waals surface area contributed by atoms with Gasteiger partial charge < -0.3 is 15.4 Å². The van der Waals surface area contributed by atoms with E-state index < -0.39 is 4.92 Å². The van der Waals surface area contributed by atoms with Crippen LogP contribution in [-0.2, 0) is 0 Å². The predicted molar refractivity (Wildman–Crippen MR) is 108 cm³/mol. The van der Waals surface area contributed by atoms with Crippen molar-refractivity contribution in [1.29, 1.82) is 0 Å². The molecule has 0 saturated heterocycles. The van der Waals surface area contributed by atoms with E-state index in [4.69, 9.17) is 4.74 Å². The van der Waals surface area contributed by atoms with Crippen LogP contribution in [0.25, 0.3) is 0 Å². The van der Waals surface area contributed by atoms with Gasteiger partial charge in [-0.1, -0.05) is 12.1 Å². The molecule has 2 N–H and O–H groups in total. The van der Waals surface area contributed by atoms with E-state index in [1.54, 1.807) is 12.1 Å². The standard InChI is InChI=1S/C21H25N3O4/c1-13(2)28-18-6-4-5-15(11-18)14(3)22-21(25)16-7-10-19(23-17-8-9-17)20(12-16)24(26)27/h4-7,10-14,17,23H,8-9H2,1-3H3,(H,22,25). The molecule has 1 saturated carbocycles. The minimum absolute atomic E-state index is 0.0588. The number of hydrogen-bond acceptors (Lipinski definition) is 5. The third kappa shape index (κ3) is 5.00. The summed E-state index contributed by atoms with van der Waals surface area (Å²) in [7, 11) is 0. The molecule has 7 heteroatoms. The molecule has 0 bridgehead atoms. The number of anilines is 1. The lowest BCUT2D eigenvalue weighted by Crippen LogP contribution is -2.26. The quantitative estimate of drug-likeness (QED) is 0.519. The van der Waals surface area contributed by atoms with Gasteiger partial charge in [0.15, 0.2) is 0 Å². The lowest BCUT2D eigenvalue weighted by Gasteiger charge is -2.17. The molecule has 2 aromatic carbocycles. The zero-order valence-electron chi connectivity index (χ0n) is 16.3. The van der Waals surface area contributed by atoms with E-state index in [0.29, 0.717) is 11.7 Å². The van der Waals surface area contributed by atoms with Crippen LogP contribution in [0.1, 0.15) is 55.6 Å². The largest absolute Gasteiger partial charge is 0.491 e. The van der Waals surface area contributed by atoms with Crippen molar-refractivity contribution in [3.05, 3.63) is 63.7 Å². The molecule has 1 unspecified atom stereocenters. The molecular weight excluding hydrogens is 358 g/mol. The average Bonchev–Trinajstić information content (AvgIpc) is 3.45. The van der Waals surface area contributed by atoms with Crippen LogP contribution >= 0.6 is 0 Å². The second-order valence-corrected chi connectivity index (χ2v) is 7.34. The molecule has 148 valence electrons. The topological polar surface area (TPSA) is 93.5 Å². The third-order valence-corrected chi connectivity index (χ3v) is 4.47. The Morgan fingerprint density at radius 1 is 1.18 bits per heavy atom. The van der Waals surface area contributed by atoms with Crippen LogP contribution in [0.5, 0.6) is 5.75 Å². The van der Waals surface area contributed by atoms with Crippen molar-refractivity contribution < 1.29 is 14.5 Å². The molecule has 1 fully saturated rings. The van der Waals surface area contributed by atoms with E-state index in [2.05, 4.69) is 10.6 Å². The second-order valence-electron chi connectivity index (χ2n) is 7.34. The van der Waals surface area contributed by atoms with Crippen molar-refractivity contribution in [2.24, 2.45) is 0 Å². The monoisotopic (exact) mass is 383 g/mol. The normalized spacial score (nSPS) is 14.4. The summed E-state index contributed by atoms with van der Waals surface area (Å²) in [5, 5.41) is 17.4. The van der Waals surface area contributed by atoms with Gasteiger partial charge in [-0.25, -0.2) is 0 Å². The Kier molecular flexibility index (Phi) is 5.82. The van der Waals surface area contributed by atoms with Gasteiger partial charge in [0.2, 0.25) is 0 Å². The van der Waals surface area contributed by atoms with Gasteiger partial charge in [-0.15, -0.1) is 0 Å². The summed E-state index contributed by atoms with van der Waals surface area (Å²) < 4.78 is 5.69. The predicted octanol–water partition coefficient (Wildman–Crippen LogP) is 4.45. The van der Waals surface area contributed by atoms with Gasteiger partial charge in [0, 0.05) is 17.7 Å². The van der Waals surface area contributed by atoms with Crippen molar-refractivity contribution in [3.8, 4) is 5.75 Å². The highest BCUT2D eigenvalue weighted by molar-refractivity contribution is 5.96. The van der Waals surface area contributed by atoms with Crippen LogP contribution in [0.4, 0.5) is 11.4 Å². The van der Waals surface area contributed by atoms with Crippen LogP contribution in [0.2, 0.25) is 0 Å². The Morgan fingerprint density at radius 3 is 2.57 bits per heavy atom. The highest BCUT2D eigenvalue weighted by Crippen LogP contribution is 2.31. The van der Waals surface area contributed by atoms with Crippen LogP contribution in [0.15, 0.2) is 42.5 Å². The molecule has 0 aromatic heterocycles. The summed E-state index contributed by atoms with van der Waals surface area (Å²) in [6.45, 7) is 5.77. The zero-order chi connectivity index (χ0) is 20.3. The van der Waals surface area contributed by atoms with Crippen molar-refractivity contribution >= 4 is 17.3 Å². The molecule has 28 heavy (non-hydrogen) atoms. The lowest BCUT2D eigenvalue weighted by atomic mass is 10.1. The van der Waals surface area contributed by atoms with Crippen molar-refractivity contribution in [1.82, 2.24) is 5.32 Å². The number of benzene rings is 2. The number of nitro groups is 1. The smallest absolute Gasteiger partial charge is 0.293 e. The van der Waals surface area contributed by atoms with Gasteiger partial charge in [0.25, 0.3) is 11.6 Å². The van der Waals surface area contributed by atoms with Crippen LogP contribution in [-0.4, -0.2) is 23.0 Å². The number of hydrogen-bond donors (Lipinski definition) is 2. The van der Waals surface area contributed by atoms with E-state index in [1.807, 2.05) is 45.0 Å². The Labute approximate surface area is 164 Å². The summed E-state index contributed by atoms with van der Waals surface area (Å²) in [5.41, 5.74) is 1.53. The number of nitro benzene ring substituents is 1. The third-order valence-electron chi connectivity index (χ3n) is 4.47. The van der Waals surface area contributed by atoms with E-state index in [1.165, 1.54) is 6.07 Å². The van der Waals surface area contributed by atoms with E-state index in [-0.39, 0.29) is 29.3 Å². The number of carbonyl (C=O) groups excluding carboxylic acids is 1. The number of nitrogens with zero attached hydrogens (tertiary/aromatic N) is 1. The molecule has 0 spiro atoms. The number of rotatable bonds is 8. The van der Waals surface area contributed by atoms with E-state index >= 15 is 0 Å². The Hall–Kier alpha value is -3.09. The lowest BCUT2D eigenvalue weighted by molar-refractivity contribution is -0.384. The SMILES string of the molecule is CC(C)Oc1cccc(C(C)NC(=O)c2ccc(NC3CC3)c([N+](=O)[O-])c2)c1. The summed E-state index contributed by atoms with van der Waals surface area (Å²) in [5.74, 6) is 0.378. The van der Waals surface area contributed by atoms with Gasteiger partial charge in [0.1, 0.15) is 11.4 Å². The van der Waals surface area contributed by atoms with Gasteiger partial charge in [0.05, 0.1) is 17.1 Å². The van der Waals surface area contributed by atoms with Gasteiger partial charge in [-0.05, 0) is 63.4 Å². The van der Waals surface area contributed by atoms with Crippen molar-refractivity contribution in [2.45, 2.75) is 51.8 Å². The van der Waals surface area contributed by atoms with Crippen LogP contribution in [0, 0.1) is 10.1 Å². The maximum Gasteiger partial charge on any atom is 0.293 e. The first-order valence-corrected chi connectivity index (χ1v) is 9.46. The fourth-order valence-corrected chi connectivity index (χ4v) is 2.89. The Morgan fingerprint density at radius 2 is 1.93 bits per heavy atom. The summed E-state index contributed by atoms with van der Waals surface area (Å²) in [6.07, 6.45) is 2.08. The van der Waals surface area contributed by atoms with Crippen LogP contribution in [0.3, 0.4) is 0 Å². The van der Waals surface area contributed by atoms with Crippen molar-refractivity contribution in [3.63, 3.8) is 0 Å². The minimum Gasteiger partial charge on any atom is -0.491 e. The summed E-state index contributed by atoms with van der Waals surface area (Å²) >= 11 is 0.